The van der Waals surface area contributed by atoms with Gasteiger partial charge in [0.1, 0.15) is 0 Å². The molecule has 26 heavy (non-hydrogen) atoms. The van der Waals surface area contributed by atoms with Crippen molar-refractivity contribution in [1.82, 2.24) is 9.88 Å². The van der Waals surface area contributed by atoms with E-state index in [4.69, 9.17) is 0 Å². The van der Waals surface area contributed by atoms with Gasteiger partial charge < -0.3 is 10.2 Å². The van der Waals surface area contributed by atoms with E-state index in [1.54, 1.807) is 11.8 Å². The topological polar surface area (TPSA) is 45.2 Å². The van der Waals surface area contributed by atoms with Gasteiger partial charge in [0.05, 0.1) is 0 Å². The fourth-order valence-electron chi connectivity index (χ4n) is 2.90. The van der Waals surface area contributed by atoms with Gasteiger partial charge in [-0.1, -0.05) is 6.07 Å². The van der Waals surface area contributed by atoms with Gasteiger partial charge in [-0.25, -0.2) is 4.79 Å². The van der Waals surface area contributed by atoms with E-state index in [1.165, 1.54) is 4.90 Å². The van der Waals surface area contributed by atoms with E-state index in [2.05, 4.69) is 28.5 Å². The molecule has 0 saturated carbocycles. The number of aromatic nitrogens is 1. The zero-order valence-electron chi connectivity index (χ0n) is 15.1. The summed E-state index contributed by atoms with van der Waals surface area (Å²) in [5.74, 6) is 3.28. The number of hydrogen-bond donors (Lipinski definition) is 1. The number of carbonyl (C=O) groups excluding carboxylic acids is 1. The van der Waals surface area contributed by atoms with E-state index >= 15 is 0 Å². The maximum atomic E-state index is 12.4. The van der Waals surface area contributed by atoms with Gasteiger partial charge in [0.25, 0.3) is 0 Å². The molecule has 0 aliphatic carbocycles. The van der Waals surface area contributed by atoms with Crippen molar-refractivity contribution >= 4 is 35.2 Å². The van der Waals surface area contributed by atoms with E-state index in [0.29, 0.717) is 6.04 Å². The molecule has 3 rings (SSSR count). The Morgan fingerprint density at radius 1 is 1.23 bits per heavy atom. The predicted molar refractivity (Wildman–Crippen MR) is 112 cm³/mol. The minimum absolute atomic E-state index is 0.0162. The number of benzene rings is 1. The van der Waals surface area contributed by atoms with Crippen LogP contribution in [-0.4, -0.2) is 46.3 Å². The van der Waals surface area contributed by atoms with Crippen LogP contribution in [0.15, 0.2) is 53.6 Å². The lowest BCUT2D eigenvalue weighted by Gasteiger charge is -2.31. The van der Waals surface area contributed by atoms with Crippen LogP contribution in [-0.2, 0) is 6.42 Å². The van der Waals surface area contributed by atoms with Gasteiger partial charge in [-0.15, -0.1) is 11.8 Å². The first-order chi connectivity index (χ1) is 12.7. The van der Waals surface area contributed by atoms with Crippen LogP contribution in [0.1, 0.15) is 18.5 Å². The highest BCUT2D eigenvalue weighted by Crippen LogP contribution is 2.23. The van der Waals surface area contributed by atoms with Crippen LogP contribution in [0.25, 0.3) is 0 Å². The van der Waals surface area contributed by atoms with E-state index in [9.17, 15) is 4.79 Å². The number of thioether (sulfide) groups is 2. The molecule has 1 aliphatic heterocycles. The lowest BCUT2D eigenvalue weighted by atomic mass is 10.1. The molecule has 1 fully saturated rings. The number of nitrogens with one attached hydrogen (secondary N) is 1. The fourth-order valence-corrected chi connectivity index (χ4v) is 4.86. The maximum Gasteiger partial charge on any atom is 0.321 e. The van der Waals surface area contributed by atoms with Crippen LogP contribution >= 0.6 is 23.5 Å². The van der Waals surface area contributed by atoms with Crippen molar-refractivity contribution < 1.29 is 4.79 Å². The number of hydrogen-bond acceptors (Lipinski definition) is 4. The third-order valence-corrected chi connectivity index (χ3v) is 6.58. The average molecular weight is 388 g/mol. The van der Waals surface area contributed by atoms with Gasteiger partial charge in [-0.3, -0.25) is 4.98 Å². The van der Waals surface area contributed by atoms with Gasteiger partial charge >= 0.3 is 6.03 Å². The van der Waals surface area contributed by atoms with Crippen LogP contribution in [0, 0.1) is 0 Å². The largest absolute Gasteiger partial charge is 0.325 e. The second kappa shape index (κ2) is 9.88. The minimum Gasteiger partial charge on any atom is -0.325 e. The van der Waals surface area contributed by atoms with Crippen molar-refractivity contribution in [3.8, 4) is 0 Å². The first kappa shape index (κ1) is 19.1. The van der Waals surface area contributed by atoms with Crippen molar-refractivity contribution in [2.45, 2.75) is 30.2 Å². The molecular formula is C20H25N3OS2. The normalized spacial score (nSPS) is 14.8. The molecule has 1 saturated heterocycles. The third-order valence-electron chi connectivity index (χ3n) is 4.52. The monoisotopic (exact) mass is 387 g/mol. The van der Waals surface area contributed by atoms with Gasteiger partial charge in [-0.2, -0.15) is 11.8 Å². The Labute approximate surface area is 164 Å². The smallest absolute Gasteiger partial charge is 0.321 e. The van der Waals surface area contributed by atoms with Crippen molar-refractivity contribution in [2.24, 2.45) is 0 Å². The summed E-state index contributed by atoms with van der Waals surface area (Å²) in [6.45, 7) is 0. The fraction of sp³-hybridized carbons (Fsp3) is 0.400. The third kappa shape index (κ3) is 5.68. The van der Waals surface area contributed by atoms with E-state index in [1.807, 2.05) is 54.2 Å². The summed E-state index contributed by atoms with van der Waals surface area (Å²) in [4.78, 5) is 19.8. The molecule has 2 amide bonds. The molecule has 1 aliphatic rings. The summed E-state index contributed by atoms with van der Waals surface area (Å²) in [5, 5.41) is 3.01. The van der Waals surface area contributed by atoms with Crippen molar-refractivity contribution in [1.29, 1.82) is 0 Å². The molecule has 6 heteroatoms. The first-order valence-corrected chi connectivity index (χ1v) is 11.1. The highest BCUT2D eigenvalue weighted by molar-refractivity contribution is 7.99. The van der Waals surface area contributed by atoms with Gasteiger partial charge in [0.2, 0.25) is 0 Å². The second-order valence-corrected chi connectivity index (χ2v) is 8.72. The number of amides is 2. The summed E-state index contributed by atoms with van der Waals surface area (Å²) in [5.41, 5.74) is 1.97. The van der Waals surface area contributed by atoms with Crippen LogP contribution in [0.4, 0.5) is 10.5 Å². The molecule has 138 valence electrons. The minimum atomic E-state index is -0.0162. The summed E-state index contributed by atoms with van der Waals surface area (Å²) in [6, 6.07) is 14.4. The van der Waals surface area contributed by atoms with Crippen molar-refractivity contribution in [3.05, 3.63) is 54.4 Å². The van der Waals surface area contributed by atoms with E-state index < -0.39 is 0 Å². The average Bonchev–Trinajstić information content (AvgIpc) is 2.70. The molecule has 1 aromatic heterocycles. The lowest BCUT2D eigenvalue weighted by molar-refractivity contribution is 0.200. The van der Waals surface area contributed by atoms with Crippen LogP contribution in [0.3, 0.4) is 0 Å². The van der Waals surface area contributed by atoms with Gasteiger partial charge in [-0.05, 0) is 67.2 Å². The lowest BCUT2D eigenvalue weighted by Crippen LogP contribution is -2.41. The van der Waals surface area contributed by atoms with Crippen molar-refractivity contribution in [3.63, 3.8) is 0 Å². The molecule has 0 bridgehead atoms. The number of urea groups is 1. The number of rotatable bonds is 6. The molecular weight excluding hydrogens is 362 g/mol. The first-order valence-electron chi connectivity index (χ1n) is 8.97. The van der Waals surface area contributed by atoms with Crippen molar-refractivity contribution in [2.75, 3.05) is 29.6 Å². The number of pyridine rings is 1. The SMILES string of the molecule is CN(C(=O)Nc1ccc(SCCc2ccccn2)cc1)C1CCSCC1. The molecule has 4 nitrogen and oxygen atoms in total. The molecule has 1 aromatic carbocycles. The molecule has 2 aromatic rings. The molecule has 0 unspecified atom stereocenters. The number of anilines is 1. The standard InChI is InChI=1S/C20H25N3OS2/c1-23(18-10-13-25-14-11-18)20(24)22-17-5-7-19(8-6-17)26-15-9-16-4-2-3-12-21-16/h2-8,12,18H,9-11,13-15H2,1H3,(H,22,24). The Morgan fingerprint density at radius 3 is 2.69 bits per heavy atom. The Morgan fingerprint density at radius 2 is 2.00 bits per heavy atom. The molecule has 1 N–H and O–H groups in total. The highest BCUT2D eigenvalue weighted by Gasteiger charge is 2.22. The maximum absolute atomic E-state index is 12.4. The number of nitrogens with zero attached hydrogens (tertiary/aromatic N) is 2. The Kier molecular flexibility index (Phi) is 7.26. The van der Waals surface area contributed by atoms with E-state index in [-0.39, 0.29) is 6.03 Å². The molecule has 0 spiro atoms. The van der Waals surface area contributed by atoms with Crippen LogP contribution in [0.2, 0.25) is 0 Å². The zero-order valence-corrected chi connectivity index (χ0v) is 16.7. The Bertz CT molecular complexity index is 688. The second-order valence-electron chi connectivity index (χ2n) is 6.33. The Balaban J connectivity index is 1.45. The van der Waals surface area contributed by atoms with Crippen LogP contribution < -0.4 is 5.32 Å². The summed E-state index contributed by atoms with van der Waals surface area (Å²) >= 11 is 3.78. The molecule has 2 heterocycles. The van der Waals surface area contributed by atoms with Gasteiger partial charge in [0, 0.05) is 41.3 Å². The number of carbonyl (C=O) groups is 1. The zero-order chi connectivity index (χ0) is 18.2. The molecule has 0 atom stereocenters. The summed E-state index contributed by atoms with van der Waals surface area (Å²) in [7, 11) is 1.90. The summed E-state index contributed by atoms with van der Waals surface area (Å²) in [6.07, 6.45) is 4.95. The van der Waals surface area contributed by atoms with Gasteiger partial charge in [0.15, 0.2) is 0 Å². The molecule has 0 radical (unpaired) electrons. The quantitative estimate of drug-likeness (QED) is 0.725. The van der Waals surface area contributed by atoms with E-state index in [0.717, 1.165) is 47.9 Å². The van der Waals surface area contributed by atoms with Crippen LogP contribution in [0.5, 0.6) is 0 Å². The highest BCUT2D eigenvalue weighted by atomic mass is 32.2. The number of aryl methyl sites for hydroxylation is 1. The predicted octanol–water partition coefficient (Wildman–Crippen LogP) is 4.78. The Hall–Kier alpha value is -1.66. The summed E-state index contributed by atoms with van der Waals surface area (Å²) < 4.78 is 0.